The quantitative estimate of drug-likeness (QED) is 0.882. The van der Waals surface area contributed by atoms with Crippen LogP contribution < -0.4 is 0 Å². The lowest BCUT2D eigenvalue weighted by molar-refractivity contribution is -0.0878. The van der Waals surface area contributed by atoms with Crippen LogP contribution in [0.5, 0.6) is 0 Å². The molecule has 0 aliphatic carbocycles. The fourth-order valence-electron chi connectivity index (χ4n) is 4.15. The Morgan fingerprint density at radius 2 is 1.84 bits per heavy atom. The second-order valence-corrected chi connectivity index (χ2v) is 6.35. The van der Waals surface area contributed by atoms with Crippen molar-refractivity contribution in [2.75, 3.05) is 7.05 Å². The van der Waals surface area contributed by atoms with Crippen LogP contribution >= 0.6 is 0 Å². The van der Waals surface area contributed by atoms with Crippen molar-refractivity contribution >= 4 is 0 Å². The Morgan fingerprint density at radius 3 is 2.47 bits per heavy atom. The van der Waals surface area contributed by atoms with E-state index in [1.807, 2.05) is 0 Å². The summed E-state index contributed by atoms with van der Waals surface area (Å²) in [7, 11) is 2.24. The fourth-order valence-corrected chi connectivity index (χ4v) is 4.15. The number of benzene rings is 1. The molecule has 1 aromatic carbocycles. The van der Waals surface area contributed by atoms with E-state index < -0.39 is 5.60 Å². The van der Waals surface area contributed by atoms with Crippen LogP contribution in [-0.2, 0) is 12.0 Å². The first-order valence-corrected chi connectivity index (χ1v) is 7.67. The summed E-state index contributed by atoms with van der Waals surface area (Å²) in [4.78, 5) is 2.51. The average Bonchev–Trinajstić information content (AvgIpc) is 2.41. The highest BCUT2D eigenvalue weighted by Crippen LogP contribution is 2.44. The summed E-state index contributed by atoms with van der Waals surface area (Å²) in [5, 5.41) is 11.3. The highest BCUT2D eigenvalue weighted by Gasteiger charge is 2.45. The van der Waals surface area contributed by atoms with Crippen molar-refractivity contribution in [1.29, 1.82) is 0 Å². The number of fused-ring (bicyclic) bond motifs is 2. The Bertz CT molecular complexity index is 442. The highest BCUT2D eigenvalue weighted by molar-refractivity contribution is 5.33. The topological polar surface area (TPSA) is 23.5 Å². The molecule has 2 aliphatic heterocycles. The van der Waals surface area contributed by atoms with Gasteiger partial charge in [-0.25, -0.2) is 0 Å². The van der Waals surface area contributed by atoms with Crippen LogP contribution in [0.1, 0.15) is 50.2 Å². The molecule has 0 spiro atoms. The minimum Gasteiger partial charge on any atom is -0.385 e. The molecule has 2 aliphatic rings. The third-order valence-electron chi connectivity index (χ3n) is 5.27. The molecule has 2 unspecified atom stereocenters. The van der Waals surface area contributed by atoms with Gasteiger partial charge in [-0.3, -0.25) is 0 Å². The van der Waals surface area contributed by atoms with Gasteiger partial charge in [-0.15, -0.1) is 0 Å². The molecule has 2 heterocycles. The predicted molar refractivity (Wildman–Crippen MR) is 78.1 cm³/mol. The number of hydrogen-bond acceptors (Lipinski definition) is 2. The van der Waals surface area contributed by atoms with Crippen LogP contribution in [0.25, 0.3) is 0 Å². The maximum absolute atomic E-state index is 11.3. The average molecular weight is 259 g/mol. The van der Waals surface area contributed by atoms with Crippen molar-refractivity contribution < 1.29 is 5.11 Å². The summed E-state index contributed by atoms with van der Waals surface area (Å²) < 4.78 is 0. The van der Waals surface area contributed by atoms with Crippen LogP contribution in [0.2, 0.25) is 0 Å². The fraction of sp³-hybridized carbons (Fsp3) is 0.647. The van der Waals surface area contributed by atoms with Gasteiger partial charge >= 0.3 is 0 Å². The van der Waals surface area contributed by atoms with Crippen LogP contribution in [0.4, 0.5) is 0 Å². The van der Waals surface area contributed by atoms with E-state index in [-0.39, 0.29) is 0 Å². The Balaban J connectivity index is 1.95. The van der Waals surface area contributed by atoms with E-state index in [9.17, 15) is 5.11 Å². The first-order chi connectivity index (χ1) is 9.14. The molecule has 0 saturated carbocycles. The second-order valence-electron chi connectivity index (χ2n) is 6.35. The Hall–Kier alpha value is -0.860. The Morgan fingerprint density at radius 1 is 1.21 bits per heavy atom. The third kappa shape index (κ3) is 2.21. The number of piperidine rings is 2. The zero-order valence-electron chi connectivity index (χ0n) is 12.1. The van der Waals surface area contributed by atoms with E-state index in [0.29, 0.717) is 12.1 Å². The van der Waals surface area contributed by atoms with Gasteiger partial charge in [0.2, 0.25) is 0 Å². The third-order valence-corrected chi connectivity index (χ3v) is 5.27. The number of hydrogen-bond donors (Lipinski definition) is 1. The van der Waals surface area contributed by atoms with Gasteiger partial charge in [0, 0.05) is 12.1 Å². The molecule has 0 amide bonds. The first kappa shape index (κ1) is 13.1. The SMILES string of the molecule is CCc1ccccc1C1(O)CC2CCCC(C1)N2C. The molecule has 1 N–H and O–H groups in total. The zero-order chi connectivity index (χ0) is 13.5. The summed E-state index contributed by atoms with van der Waals surface area (Å²) in [5.41, 5.74) is 1.89. The lowest BCUT2D eigenvalue weighted by Gasteiger charge is -2.51. The van der Waals surface area contributed by atoms with Gasteiger partial charge in [0.25, 0.3) is 0 Å². The molecular weight excluding hydrogens is 234 g/mol. The summed E-state index contributed by atoms with van der Waals surface area (Å²) in [5.74, 6) is 0. The van der Waals surface area contributed by atoms with Crippen molar-refractivity contribution in [3.63, 3.8) is 0 Å². The van der Waals surface area contributed by atoms with Gasteiger partial charge < -0.3 is 10.0 Å². The lowest BCUT2D eigenvalue weighted by Crippen LogP contribution is -2.55. The predicted octanol–water partition coefficient (Wildman–Crippen LogP) is 3.08. The molecular formula is C17H25NO. The van der Waals surface area contributed by atoms with E-state index in [2.05, 4.69) is 43.1 Å². The van der Waals surface area contributed by atoms with Gasteiger partial charge in [0.15, 0.2) is 0 Å². The van der Waals surface area contributed by atoms with Gasteiger partial charge in [-0.1, -0.05) is 37.6 Å². The largest absolute Gasteiger partial charge is 0.385 e. The normalized spacial score (nSPS) is 35.3. The molecule has 2 atom stereocenters. The molecule has 2 heteroatoms. The minimum atomic E-state index is -0.602. The van der Waals surface area contributed by atoms with Crippen molar-refractivity contribution in [2.45, 2.75) is 63.1 Å². The molecule has 19 heavy (non-hydrogen) atoms. The van der Waals surface area contributed by atoms with Crippen LogP contribution in [0, 0.1) is 0 Å². The van der Waals surface area contributed by atoms with Crippen LogP contribution in [0.15, 0.2) is 24.3 Å². The van der Waals surface area contributed by atoms with Crippen molar-refractivity contribution in [2.24, 2.45) is 0 Å². The van der Waals surface area contributed by atoms with E-state index in [4.69, 9.17) is 0 Å². The molecule has 104 valence electrons. The zero-order valence-corrected chi connectivity index (χ0v) is 12.1. The lowest BCUT2D eigenvalue weighted by atomic mass is 9.71. The monoisotopic (exact) mass is 259 g/mol. The van der Waals surface area contributed by atoms with Gasteiger partial charge in [0.1, 0.15) is 0 Å². The van der Waals surface area contributed by atoms with Crippen molar-refractivity contribution in [3.8, 4) is 0 Å². The maximum atomic E-state index is 11.3. The number of aliphatic hydroxyl groups is 1. The number of nitrogens with zero attached hydrogens (tertiary/aromatic N) is 1. The molecule has 1 aromatic rings. The smallest absolute Gasteiger partial charge is 0.0929 e. The molecule has 3 rings (SSSR count). The number of rotatable bonds is 2. The van der Waals surface area contributed by atoms with Crippen molar-refractivity contribution in [1.82, 2.24) is 4.90 Å². The van der Waals surface area contributed by atoms with Gasteiger partial charge in [-0.05, 0) is 50.3 Å². The van der Waals surface area contributed by atoms with E-state index in [1.54, 1.807) is 0 Å². The maximum Gasteiger partial charge on any atom is 0.0929 e. The summed E-state index contributed by atoms with van der Waals surface area (Å²) in [6.45, 7) is 2.18. The molecule has 2 saturated heterocycles. The van der Waals surface area contributed by atoms with E-state index in [1.165, 1.54) is 30.4 Å². The number of aryl methyl sites for hydroxylation is 1. The van der Waals surface area contributed by atoms with Crippen LogP contribution in [0.3, 0.4) is 0 Å². The van der Waals surface area contributed by atoms with Gasteiger partial charge in [0.05, 0.1) is 5.60 Å². The summed E-state index contributed by atoms with van der Waals surface area (Å²) >= 11 is 0. The van der Waals surface area contributed by atoms with Crippen LogP contribution in [-0.4, -0.2) is 29.1 Å². The van der Waals surface area contributed by atoms with Gasteiger partial charge in [-0.2, -0.15) is 0 Å². The molecule has 2 fully saturated rings. The Labute approximate surface area is 116 Å². The molecule has 2 bridgehead atoms. The molecule has 2 nitrogen and oxygen atoms in total. The molecule has 0 aromatic heterocycles. The second kappa shape index (κ2) is 4.92. The van der Waals surface area contributed by atoms with E-state index >= 15 is 0 Å². The highest BCUT2D eigenvalue weighted by atomic mass is 16.3. The van der Waals surface area contributed by atoms with Crippen molar-refractivity contribution in [3.05, 3.63) is 35.4 Å². The molecule has 0 radical (unpaired) electrons. The Kier molecular flexibility index (Phi) is 3.40. The summed E-state index contributed by atoms with van der Waals surface area (Å²) in [6.07, 6.45) is 6.61. The first-order valence-electron chi connectivity index (χ1n) is 7.67. The minimum absolute atomic E-state index is 0.558. The summed E-state index contributed by atoms with van der Waals surface area (Å²) in [6, 6.07) is 9.58. The standard InChI is InChI=1S/C17H25NO/c1-3-13-7-4-5-10-16(13)17(19)11-14-8-6-9-15(12-17)18(14)2/h4-5,7,10,14-15,19H,3,6,8-9,11-12H2,1-2H3. The van der Waals surface area contributed by atoms with E-state index in [0.717, 1.165) is 19.3 Å².